The molecule has 26 heavy (non-hydrogen) atoms. The van der Waals surface area contributed by atoms with E-state index in [4.69, 9.17) is 0 Å². The fourth-order valence-electron chi connectivity index (χ4n) is 3.12. The molecule has 6 nitrogen and oxygen atoms in total. The van der Waals surface area contributed by atoms with Gasteiger partial charge in [-0.05, 0) is 30.2 Å². The van der Waals surface area contributed by atoms with E-state index in [1.807, 2.05) is 30.2 Å². The van der Waals surface area contributed by atoms with Gasteiger partial charge in [0, 0.05) is 25.6 Å². The molecule has 1 fully saturated rings. The molecule has 0 aromatic carbocycles. The first-order chi connectivity index (χ1) is 12.4. The van der Waals surface area contributed by atoms with E-state index in [1.165, 1.54) is 11.3 Å². The van der Waals surface area contributed by atoms with Crippen LogP contribution in [-0.4, -0.2) is 48.3 Å². The highest BCUT2D eigenvalue weighted by molar-refractivity contribution is 7.12. The van der Waals surface area contributed by atoms with Crippen LogP contribution in [0.15, 0.2) is 30.2 Å². The van der Waals surface area contributed by atoms with Crippen molar-refractivity contribution in [1.82, 2.24) is 15.5 Å². The van der Waals surface area contributed by atoms with Gasteiger partial charge in [-0.15, -0.1) is 17.9 Å². The summed E-state index contributed by atoms with van der Waals surface area (Å²) in [4.78, 5) is 39.6. The van der Waals surface area contributed by atoms with Crippen molar-refractivity contribution < 1.29 is 14.4 Å². The van der Waals surface area contributed by atoms with Gasteiger partial charge in [0.05, 0.1) is 4.88 Å². The second-order valence-electron chi connectivity index (χ2n) is 6.78. The van der Waals surface area contributed by atoms with E-state index in [-0.39, 0.29) is 29.6 Å². The summed E-state index contributed by atoms with van der Waals surface area (Å²) in [5.41, 5.74) is 0. The van der Waals surface area contributed by atoms with Crippen LogP contribution in [0.25, 0.3) is 0 Å². The summed E-state index contributed by atoms with van der Waals surface area (Å²) >= 11 is 1.34. The minimum atomic E-state index is -0.610. The third-order valence-corrected chi connectivity index (χ3v) is 5.42. The quantitative estimate of drug-likeness (QED) is 0.714. The molecule has 0 radical (unpaired) electrons. The van der Waals surface area contributed by atoms with Crippen molar-refractivity contribution >= 4 is 29.1 Å². The van der Waals surface area contributed by atoms with Crippen molar-refractivity contribution in [2.75, 3.05) is 19.6 Å². The maximum atomic E-state index is 12.6. The Morgan fingerprint density at radius 3 is 2.58 bits per heavy atom. The lowest BCUT2D eigenvalue weighted by molar-refractivity contribution is -0.136. The lowest BCUT2D eigenvalue weighted by Crippen LogP contribution is -2.54. The molecule has 0 saturated carbocycles. The normalized spacial score (nSPS) is 16.2. The van der Waals surface area contributed by atoms with Crippen molar-refractivity contribution in [1.29, 1.82) is 0 Å². The van der Waals surface area contributed by atoms with Crippen LogP contribution in [0, 0.1) is 11.8 Å². The Labute approximate surface area is 158 Å². The largest absolute Gasteiger partial charge is 0.351 e. The molecule has 0 bridgehead atoms. The molecule has 2 heterocycles. The van der Waals surface area contributed by atoms with Crippen LogP contribution in [0.1, 0.15) is 36.4 Å². The van der Waals surface area contributed by atoms with Gasteiger partial charge in [-0.3, -0.25) is 14.4 Å². The van der Waals surface area contributed by atoms with E-state index in [2.05, 4.69) is 17.2 Å². The number of piperidine rings is 1. The number of likely N-dealkylation sites (tertiary alicyclic amines) is 1. The Bertz CT molecular complexity index is 634. The van der Waals surface area contributed by atoms with E-state index in [0.717, 1.165) is 0 Å². The predicted molar refractivity (Wildman–Crippen MR) is 103 cm³/mol. The van der Waals surface area contributed by atoms with Gasteiger partial charge < -0.3 is 15.5 Å². The molecule has 1 atom stereocenters. The first kappa shape index (κ1) is 20.2. The van der Waals surface area contributed by atoms with Gasteiger partial charge in [0.25, 0.3) is 5.91 Å². The number of rotatable bonds is 7. The molecule has 1 aromatic rings. The predicted octanol–water partition coefficient (Wildman–Crippen LogP) is 2.04. The smallest absolute Gasteiger partial charge is 0.262 e. The topological polar surface area (TPSA) is 78.5 Å². The first-order valence-electron chi connectivity index (χ1n) is 8.95. The molecule has 1 aromatic heterocycles. The van der Waals surface area contributed by atoms with Gasteiger partial charge in [-0.2, -0.15) is 0 Å². The van der Waals surface area contributed by atoms with Gasteiger partial charge in [-0.1, -0.05) is 26.0 Å². The van der Waals surface area contributed by atoms with Crippen molar-refractivity contribution in [3.05, 3.63) is 35.0 Å². The fraction of sp³-hybridized carbons (Fsp3) is 0.526. The molecule has 142 valence electrons. The van der Waals surface area contributed by atoms with Gasteiger partial charge in [-0.25, -0.2) is 0 Å². The molecule has 1 aliphatic rings. The van der Waals surface area contributed by atoms with Crippen LogP contribution in [0.2, 0.25) is 0 Å². The lowest BCUT2D eigenvalue weighted by Gasteiger charge is -2.36. The minimum Gasteiger partial charge on any atom is -0.351 e. The third-order valence-electron chi connectivity index (χ3n) is 4.55. The number of carbonyl (C=O) groups excluding carboxylic acids is 3. The zero-order chi connectivity index (χ0) is 19.1. The minimum absolute atomic E-state index is 0.0000557. The monoisotopic (exact) mass is 377 g/mol. The molecule has 0 aliphatic carbocycles. The Hall–Kier alpha value is -2.15. The number of hydrogen-bond acceptors (Lipinski definition) is 4. The average molecular weight is 378 g/mol. The molecule has 2 N–H and O–H groups in total. The fourth-order valence-corrected chi connectivity index (χ4v) is 3.75. The zero-order valence-corrected chi connectivity index (χ0v) is 16.2. The maximum Gasteiger partial charge on any atom is 0.262 e. The molecule has 3 amide bonds. The summed E-state index contributed by atoms with van der Waals surface area (Å²) in [6.07, 6.45) is 2.99. The van der Waals surface area contributed by atoms with Gasteiger partial charge >= 0.3 is 0 Å². The first-order valence-corrected chi connectivity index (χ1v) is 9.83. The Balaban J connectivity index is 2.04. The third kappa shape index (κ3) is 5.17. The number of nitrogens with one attached hydrogen (secondary N) is 2. The summed E-state index contributed by atoms with van der Waals surface area (Å²) in [5, 5.41) is 7.50. The van der Waals surface area contributed by atoms with Crippen molar-refractivity contribution in [3.8, 4) is 0 Å². The summed E-state index contributed by atoms with van der Waals surface area (Å²) in [6, 6.07) is 2.94. The number of nitrogens with zero attached hydrogens (tertiary/aromatic N) is 1. The second-order valence-corrected chi connectivity index (χ2v) is 7.73. The van der Waals surface area contributed by atoms with Crippen LogP contribution in [0.5, 0.6) is 0 Å². The van der Waals surface area contributed by atoms with E-state index in [0.29, 0.717) is 37.4 Å². The highest BCUT2D eigenvalue weighted by Gasteiger charge is 2.34. The summed E-state index contributed by atoms with van der Waals surface area (Å²) < 4.78 is 0. The highest BCUT2D eigenvalue weighted by atomic mass is 32.1. The summed E-state index contributed by atoms with van der Waals surface area (Å²) in [6.45, 7) is 8.97. The number of hydrogen-bond donors (Lipinski definition) is 2. The van der Waals surface area contributed by atoms with E-state index >= 15 is 0 Å². The zero-order valence-electron chi connectivity index (χ0n) is 15.4. The number of amides is 3. The van der Waals surface area contributed by atoms with Crippen molar-refractivity contribution in [2.45, 2.75) is 32.7 Å². The average Bonchev–Trinajstić information content (AvgIpc) is 3.18. The lowest BCUT2D eigenvalue weighted by atomic mass is 9.88. The molecule has 1 saturated heterocycles. The van der Waals surface area contributed by atoms with Gasteiger partial charge in [0.2, 0.25) is 11.8 Å². The molecule has 1 unspecified atom stereocenters. The van der Waals surface area contributed by atoms with Gasteiger partial charge in [0.1, 0.15) is 6.04 Å². The molecular formula is C19H27N3O3S. The van der Waals surface area contributed by atoms with E-state index in [1.54, 1.807) is 12.1 Å². The van der Waals surface area contributed by atoms with Crippen LogP contribution in [0.3, 0.4) is 0 Å². The summed E-state index contributed by atoms with van der Waals surface area (Å²) in [5.74, 6) is -0.335. The van der Waals surface area contributed by atoms with E-state index < -0.39 is 6.04 Å². The second kappa shape index (κ2) is 9.52. The maximum absolute atomic E-state index is 12.6. The van der Waals surface area contributed by atoms with Crippen LogP contribution < -0.4 is 10.6 Å². The standard InChI is InChI=1S/C19H27N3O3S/c1-4-9-20-18(24)16(21-17(23)15-6-5-12-26-15)14-7-10-22(11-8-14)19(25)13(2)3/h4-6,12-14,16H,1,7-11H2,2-3H3,(H,20,24)(H,21,23). The molecule has 0 spiro atoms. The van der Waals surface area contributed by atoms with Crippen molar-refractivity contribution in [2.24, 2.45) is 11.8 Å². The molecule has 1 aliphatic heterocycles. The van der Waals surface area contributed by atoms with Crippen molar-refractivity contribution in [3.63, 3.8) is 0 Å². The molecule has 2 rings (SSSR count). The van der Waals surface area contributed by atoms with Crippen LogP contribution in [0.4, 0.5) is 0 Å². The Kier molecular flexibility index (Phi) is 7.38. The van der Waals surface area contributed by atoms with Crippen LogP contribution in [-0.2, 0) is 9.59 Å². The SMILES string of the molecule is C=CCNC(=O)C(NC(=O)c1cccs1)C1CCN(C(=O)C(C)C)CC1. The molecular weight excluding hydrogens is 350 g/mol. The Morgan fingerprint density at radius 1 is 1.35 bits per heavy atom. The highest BCUT2D eigenvalue weighted by Crippen LogP contribution is 2.23. The van der Waals surface area contributed by atoms with E-state index in [9.17, 15) is 14.4 Å². The van der Waals surface area contributed by atoms with Gasteiger partial charge in [0.15, 0.2) is 0 Å². The van der Waals surface area contributed by atoms with Crippen LogP contribution >= 0.6 is 11.3 Å². The number of thiophene rings is 1. The number of carbonyl (C=O) groups is 3. The Morgan fingerprint density at radius 2 is 2.04 bits per heavy atom. The summed E-state index contributed by atoms with van der Waals surface area (Å²) in [7, 11) is 0. The molecule has 7 heteroatoms.